The van der Waals surface area contributed by atoms with Crippen LogP contribution in [0.4, 0.5) is 0 Å². The molecule has 0 amide bonds. The first-order valence-corrected chi connectivity index (χ1v) is 6.95. The zero-order valence-corrected chi connectivity index (χ0v) is 11.5. The van der Waals surface area contributed by atoms with Gasteiger partial charge in [-0.1, -0.05) is 56.3 Å². The van der Waals surface area contributed by atoms with E-state index in [1.807, 2.05) is 6.07 Å². The molecule has 1 heteroatoms. The Labute approximate surface area is 114 Å². The minimum atomic E-state index is 0.152. The Bertz CT molecular complexity index is 559. The zero-order valence-electron chi connectivity index (χ0n) is 10.7. The molecule has 18 heavy (non-hydrogen) atoms. The maximum atomic E-state index is 6.55. The molecule has 3 unspecified atom stereocenters. The molecule has 0 spiro atoms. The van der Waals surface area contributed by atoms with E-state index in [1.165, 1.54) is 22.3 Å². The van der Waals surface area contributed by atoms with Crippen LogP contribution in [0.2, 0.25) is 0 Å². The summed E-state index contributed by atoms with van der Waals surface area (Å²) in [7, 11) is 0. The van der Waals surface area contributed by atoms with Crippen LogP contribution in [0.25, 0.3) is 11.1 Å². The number of halogens is 1. The Balaban J connectivity index is 2.08. The minimum Gasteiger partial charge on any atom is -0.117 e. The van der Waals surface area contributed by atoms with Gasteiger partial charge < -0.3 is 0 Å². The molecule has 1 aliphatic carbocycles. The van der Waals surface area contributed by atoms with E-state index in [9.17, 15) is 0 Å². The minimum absolute atomic E-state index is 0.152. The van der Waals surface area contributed by atoms with Crippen molar-refractivity contribution >= 4 is 11.6 Å². The Hall–Kier alpha value is -1.27. The number of hydrogen-bond donors (Lipinski definition) is 0. The number of benzene rings is 2. The van der Waals surface area contributed by atoms with Crippen LogP contribution >= 0.6 is 11.6 Å². The van der Waals surface area contributed by atoms with E-state index in [-0.39, 0.29) is 5.38 Å². The van der Waals surface area contributed by atoms with Crippen molar-refractivity contribution in [3.8, 4) is 11.1 Å². The summed E-state index contributed by atoms with van der Waals surface area (Å²) in [6.07, 6.45) is 0. The van der Waals surface area contributed by atoms with Crippen LogP contribution < -0.4 is 0 Å². The van der Waals surface area contributed by atoms with Crippen molar-refractivity contribution in [3.05, 3.63) is 59.7 Å². The second-order valence-electron chi connectivity index (χ2n) is 5.26. The predicted octanol–water partition coefficient (Wildman–Crippen LogP) is 5.39. The van der Waals surface area contributed by atoms with Crippen LogP contribution in [-0.4, -0.2) is 0 Å². The first kappa shape index (κ1) is 11.8. The Kier molecular flexibility index (Phi) is 2.91. The van der Waals surface area contributed by atoms with Gasteiger partial charge in [0.25, 0.3) is 0 Å². The lowest BCUT2D eigenvalue weighted by atomic mass is 9.95. The van der Waals surface area contributed by atoms with Gasteiger partial charge in [0.2, 0.25) is 0 Å². The lowest BCUT2D eigenvalue weighted by molar-refractivity contribution is 0.519. The van der Waals surface area contributed by atoms with Crippen LogP contribution in [-0.2, 0) is 0 Å². The monoisotopic (exact) mass is 256 g/mol. The van der Waals surface area contributed by atoms with Crippen molar-refractivity contribution < 1.29 is 0 Å². The second-order valence-corrected chi connectivity index (χ2v) is 5.73. The average Bonchev–Trinajstić information content (AvgIpc) is 2.65. The molecule has 2 aromatic carbocycles. The summed E-state index contributed by atoms with van der Waals surface area (Å²) in [6, 6.07) is 17.2. The molecule has 3 atom stereocenters. The van der Waals surface area contributed by atoms with E-state index in [1.54, 1.807) is 0 Å². The average molecular weight is 257 g/mol. The van der Waals surface area contributed by atoms with Gasteiger partial charge in [-0.2, -0.15) is 0 Å². The fraction of sp³-hybridized carbons (Fsp3) is 0.294. The number of fused-ring (bicyclic) bond motifs is 1. The highest BCUT2D eigenvalue weighted by Gasteiger charge is 2.33. The van der Waals surface area contributed by atoms with E-state index in [0.717, 1.165) is 0 Å². The van der Waals surface area contributed by atoms with Crippen molar-refractivity contribution in [2.45, 2.75) is 25.1 Å². The van der Waals surface area contributed by atoms with Gasteiger partial charge in [-0.25, -0.2) is 0 Å². The molecule has 0 aromatic heterocycles. The van der Waals surface area contributed by atoms with Crippen LogP contribution in [0, 0.1) is 5.92 Å². The van der Waals surface area contributed by atoms with Gasteiger partial charge in [-0.15, -0.1) is 11.6 Å². The normalized spacial score (nSPS) is 26.1. The quantitative estimate of drug-likeness (QED) is 0.601. The molecular weight excluding hydrogens is 240 g/mol. The molecule has 0 aliphatic heterocycles. The molecule has 0 saturated heterocycles. The Morgan fingerprint density at radius 1 is 0.833 bits per heavy atom. The predicted molar refractivity (Wildman–Crippen MR) is 78.1 cm³/mol. The summed E-state index contributed by atoms with van der Waals surface area (Å²) in [5.41, 5.74) is 5.26. The van der Waals surface area contributed by atoms with Crippen molar-refractivity contribution in [3.63, 3.8) is 0 Å². The molecule has 0 heterocycles. The van der Waals surface area contributed by atoms with Gasteiger partial charge in [0, 0.05) is 0 Å². The first-order valence-electron chi connectivity index (χ1n) is 6.52. The summed E-state index contributed by atoms with van der Waals surface area (Å²) in [4.78, 5) is 0. The van der Waals surface area contributed by atoms with Gasteiger partial charge in [0.05, 0.1) is 5.38 Å². The van der Waals surface area contributed by atoms with Crippen LogP contribution in [0.3, 0.4) is 0 Å². The standard InChI is InChI=1S/C17H17Cl/c1-11-12(2)17(18)16-10-14(8-9-15(11)16)13-6-4-3-5-7-13/h3-12,17H,1-2H3. The fourth-order valence-electron chi connectivity index (χ4n) is 2.86. The highest BCUT2D eigenvalue weighted by Crippen LogP contribution is 2.49. The number of rotatable bonds is 1. The molecule has 1 aliphatic rings. The SMILES string of the molecule is CC1c2ccc(-c3ccccc3)cc2C(Cl)C1C. The number of hydrogen-bond acceptors (Lipinski definition) is 0. The van der Waals surface area contributed by atoms with E-state index in [0.29, 0.717) is 11.8 Å². The summed E-state index contributed by atoms with van der Waals surface area (Å²) >= 11 is 6.55. The summed E-state index contributed by atoms with van der Waals surface area (Å²) in [5, 5.41) is 0.152. The van der Waals surface area contributed by atoms with Crippen molar-refractivity contribution in [1.29, 1.82) is 0 Å². The highest BCUT2D eigenvalue weighted by molar-refractivity contribution is 6.21. The fourth-order valence-corrected chi connectivity index (χ4v) is 3.27. The smallest absolute Gasteiger partial charge is 0.0619 e. The maximum absolute atomic E-state index is 6.55. The van der Waals surface area contributed by atoms with Crippen LogP contribution in [0.1, 0.15) is 36.3 Å². The van der Waals surface area contributed by atoms with E-state index in [2.05, 4.69) is 56.3 Å². The lowest BCUT2D eigenvalue weighted by Gasteiger charge is -2.11. The second kappa shape index (κ2) is 4.44. The zero-order chi connectivity index (χ0) is 12.7. The van der Waals surface area contributed by atoms with Crippen molar-refractivity contribution in [2.24, 2.45) is 5.92 Å². The molecule has 0 saturated carbocycles. The van der Waals surface area contributed by atoms with Crippen molar-refractivity contribution in [1.82, 2.24) is 0 Å². The van der Waals surface area contributed by atoms with Gasteiger partial charge in [0.15, 0.2) is 0 Å². The van der Waals surface area contributed by atoms with Gasteiger partial charge in [-0.05, 0) is 40.2 Å². The molecule has 0 N–H and O–H groups in total. The third-order valence-corrected chi connectivity index (χ3v) is 4.86. The third kappa shape index (κ3) is 1.76. The first-order chi connectivity index (χ1) is 8.68. The third-order valence-electron chi connectivity index (χ3n) is 4.23. The van der Waals surface area contributed by atoms with Gasteiger partial charge in [-0.3, -0.25) is 0 Å². The van der Waals surface area contributed by atoms with Gasteiger partial charge in [0.1, 0.15) is 0 Å². The molecular formula is C17H17Cl. The van der Waals surface area contributed by atoms with Crippen LogP contribution in [0.15, 0.2) is 48.5 Å². The Morgan fingerprint density at radius 2 is 1.56 bits per heavy atom. The van der Waals surface area contributed by atoms with Crippen molar-refractivity contribution in [2.75, 3.05) is 0 Å². The molecule has 0 bridgehead atoms. The Morgan fingerprint density at radius 3 is 2.28 bits per heavy atom. The van der Waals surface area contributed by atoms with E-state index in [4.69, 9.17) is 11.6 Å². The summed E-state index contributed by atoms with van der Waals surface area (Å²) in [5.74, 6) is 1.08. The molecule has 0 fully saturated rings. The molecule has 2 aromatic rings. The summed E-state index contributed by atoms with van der Waals surface area (Å²) in [6.45, 7) is 4.51. The topological polar surface area (TPSA) is 0 Å². The summed E-state index contributed by atoms with van der Waals surface area (Å²) < 4.78 is 0. The van der Waals surface area contributed by atoms with E-state index >= 15 is 0 Å². The van der Waals surface area contributed by atoms with E-state index < -0.39 is 0 Å². The molecule has 0 nitrogen and oxygen atoms in total. The largest absolute Gasteiger partial charge is 0.117 e. The molecule has 92 valence electrons. The van der Waals surface area contributed by atoms with Gasteiger partial charge >= 0.3 is 0 Å². The maximum Gasteiger partial charge on any atom is 0.0619 e. The lowest BCUT2D eigenvalue weighted by Crippen LogP contribution is -2.00. The molecule has 0 radical (unpaired) electrons. The molecule has 3 rings (SSSR count). The number of alkyl halides is 1. The highest BCUT2D eigenvalue weighted by atomic mass is 35.5. The van der Waals surface area contributed by atoms with Crippen LogP contribution in [0.5, 0.6) is 0 Å².